The van der Waals surface area contributed by atoms with Crippen molar-refractivity contribution in [2.75, 3.05) is 16.8 Å². The van der Waals surface area contributed by atoms with Gasteiger partial charge in [0.1, 0.15) is 0 Å². The summed E-state index contributed by atoms with van der Waals surface area (Å²) in [6.45, 7) is 4.17. The maximum Gasteiger partial charge on any atom is 0.224 e. The normalized spacial score (nSPS) is 13.6. The number of rotatable bonds is 9. The molecule has 0 aromatic heterocycles. The number of ketones is 1. The maximum atomic E-state index is 12.4. The van der Waals surface area contributed by atoms with Crippen molar-refractivity contribution in [3.05, 3.63) is 28.8 Å². The Morgan fingerprint density at radius 1 is 1.17 bits per heavy atom. The van der Waals surface area contributed by atoms with E-state index in [1.54, 1.807) is 11.8 Å². The molecule has 0 spiro atoms. The van der Waals surface area contributed by atoms with Crippen LogP contribution in [0.5, 0.6) is 0 Å². The molecule has 1 aliphatic rings. The predicted octanol–water partition coefficient (Wildman–Crippen LogP) is 4.77. The largest absolute Gasteiger partial charge is 0.326 e. The average molecular weight is 333 g/mol. The van der Waals surface area contributed by atoms with Crippen LogP contribution in [0.2, 0.25) is 0 Å². The highest BCUT2D eigenvalue weighted by Crippen LogP contribution is 2.27. The highest BCUT2D eigenvalue weighted by Gasteiger charge is 2.18. The third-order valence-electron chi connectivity index (χ3n) is 4.27. The highest BCUT2D eigenvalue weighted by molar-refractivity contribution is 7.99. The quantitative estimate of drug-likeness (QED) is 0.523. The van der Waals surface area contributed by atoms with E-state index in [9.17, 15) is 9.59 Å². The summed E-state index contributed by atoms with van der Waals surface area (Å²) in [5.74, 6) is 1.89. The fourth-order valence-corrected chi connectivity index (χ4v) is 3.78. The van der Waals surface area contributed by atoms with Gasteiger partial charge < -0.3 is 5.32 Å². The van der Waals surface area contributed by atoms with Crippen molar-refractivity contribution < 1.29 is 9.59 Å². The van der Waals surface area contributed by atoms with E-state index in [2.05, 4.69) is 12.2 Å². The van der Waals surface area contributed by atoms with Gasteiger partial charge in [-0.05, 0) is 48.8 Å². The zero-order valence-electron chi connectivity index (χ0n) is 14.2. The number of aryl methyl sites for hydroxylation is 2. The zero-order valence-corrected chi connectivity index (χ0v) is 15.1. The van der Waals surface area contributed by atoms with Crippen LogP contribution in [0.1, 0.15) is 66.9 Å². The fraction of sp³-hybridized carbons (Fsp3) is 0.579. The number of carbonyl (C=O) groups excluding carboxylic acids is 2. The first-order valence-corrected chi connectivity index (χ1v) is 9.81. The van der Waals surface area contributed by atoms with Gasteiger partial charge in [0.05, 0.1) is 5.75 Å². The van der Waals surface area contributed by atoms with Gasteiger partial charge >= 0.3 is 0 Å². The van der Waals surface area contributed by atoms with Crippen LogP contribution in [0.25, 0.3) is 0 Å². The van der Waals surface area contributed by atoms with Crippen molar-refractivity contribution in [2.24, 2.45) is 0 Å². The van der Waals surface area contributed by atoms with Gasteiger partial charge in [-0.3, -0.25) is 9.59 Å². The molecule has 2 rings (SSSR count). The summed E-state index contributed by atoms with van der Waals surface area (Å²) in [7, 11) is 0. The van der Waals surface area contributed by atoms with Crippen molar-refractivity contribution in [2.45, 2.75) is 58.8 Å². The minimum Gasteiger partial charge on any atom is -0.326 e. The molecule has 1 aliphatic heterocycles. The Hall–Kier alpha value is -1.29. The highest BCUT2D eigenvalue weighted by atomic mass is 32.2. The van der Waals surface area contributed by atoms with E-state index in [-0.39, 0.29) is 11.7 Å². The molecule has 1 amide bonds. The van der Waals surface area contributed by atoms with Crippen LogP contribution < -0.4 is 5.32 Å². The summed E-state index contributed by atoms with van der Waals surface area (Å²) in [6.07, 6.45) is 7.60. The van der Waals surface area contributed by atoms with Crippen molar-refractivity contribution in [3.8, 4) is 0 Å². The van der Waals surface area contributed by atoms with Crippen LogP contribution in [-0.2, 0) is 11.2 Å². The molecule has 0 atom stereocenters. The lowest BCUT2D eigenvalue weighted by atomic mass is 9.95. The van der Waals surface area contributed by atoms with Crippen molar-refractivity contribution in [3.63, 3.8) is 0 Å². The molecule has 1 N–H and O–H groups in total. The van der Waals surface area contributed by atoms with Gasteiger partial charge in [-0.25, -0.2) is 0 Å². The average Bonchev–Trinajstić information content (AvgIpc) is 2.53. The number of Topliss-reactive ketones (excluding diaryl/α,β-unsaturated/α-hetero) is 1. The summed E-state index contributed by atoms with van der Waals surface area (Å²) in [6, 6.07) is 3.92. The van der Waals surface area contributed by atoms with Gasteiger partial charge in [0.2, 0.25) is 5.91 Å². The van der Waals surface area contributed by atoms with Crippen LogP contribution in [0.3, 0.4) is 0 Å². The van der Waals surface area contributed by atoms with Gasteiger partial charge in [-0.1, -0.05) is 32.6 Å². The van der Waals surface area contributed by atoms with E-state index in [0.29, 0.717) is 12.2 Å². The van der Waals surface area contributed by atoms with Gasteiger partial charge in [0.15, 0.2) is 5.78 Å². The standard InChI is InChI=1S/C19H27NO2S/c1-3-4-5-6-7-10-23-13-18(21)16-12-15-8-9-19(22)20-17(15)11-14(16)2/h11-12H,3-10,13H2,1-2H3,(H,20,22). The van der Waals surface area contributed by atoms with Crippen LogP contribution >= 0.6 is 11.8 Å². The number of nitrogens with one attached hydrogen (secondary N) is 1. The summed E-state index contributed by atoms with van der Waals surface area (Å²) in [4.78, 5) is 23.9. The Morgan fingerprint density at radius 2 is 1.96 bits per heavy atom. The number of unbranched alkanes of at least 4 members (excludes halogenated alkanes) is 4. The smallest absolute Gasteiger partial charge is 0.224 e. The summed E-state index contributed by atoms with van der Waals surface area (Å²) >= 11 is 1.74. The Morgan fingerprint density at radius 3 is 2.74 bits per heavy atom. The van der Waals surface area contributed by atoms with E-state index in [1.807, 2.05) is 19.1 Å². The molecule has 1 aromatic rings. The first kappa shape index (κ1) is 18.1. The number of thioether (sulfide) groups is 1. The molecule has 0 saturated carbocycles. The van der Waals surface area contributed by atoms with E-state index in [1.165, 1.54) is 32.1 Å². The molecule has 3 nitrogen and oxygen atoms in total. The third kappa shape index (κ3) is 5.38. The molecule has 0 fully saturated rings. The summed E-state index contributed by atoms with van der Waals surface area (Å²) in [5.41, 5.74) is 3.74. The Balaban J connectivity index is 1.84. The third-order valence-corrected chi connectivity index (χ3v) is 5.32. The van der Waals surface area contributed by atoms with Crippen LogP contribution in [0, 0.1) is 6.92 Å². The maximum absolute atomic E-state index is 12.4. The number of hydrogen-bond donors (Lipinski definition) is 1. The Labute approximate surface area is 143 Å². The zero-order chi connectivity index (χ0) is 16.7. The lowest BCUT2D eigenvalue weighted by Gasteiger charge is -2.19. The molecule has 0 unspecified atom stereocenters. The van der Waals surface area contributed by atoms with E-state index in [4.69, 9.17) is 0 Å². The number of carbonyl (C=O) groups is 2. The molecule has 4 heteroatoms. The molecular weight excluding hydrogens is 306 g/mol. The minimum absolute atomic E-state index is 0.0644. The molecule has 0 aliphatic carbocycles. The Kier molecular flexibility index (Phi) is 7.15. The molecule has 23 heavy (non-hydrogen) atoms. The van der Waals surface area contributed by atoms with Gasteiger partial charge in [0.25, 0.3) is 0 Å². The minimum atomic E-state index is 0.0644. The topological polar surface area (TPSA) is 46.2 Å². The van der Waals surface area contributed by atoms with Crippen LogP contribution in [0.15, 0.2) is 12.1 Å². The monoisotopic (exact) mass is 333 g/mol. The molecule has 1 heterocycles. The van der Waals surface area contributed by atoms with Crippen molar-refractivity contribution in [1.82, 2.24) is 0 Å². The second-order valence-corrected chi connectivity index (χ2v) is 7.37. The number of amides is 1. The number of benzene rings is 1. The molecule has 126 valence electrons. The molecular formula is C19H27NO2S. The van der Waals surface area contributed by atoms with Crippen LogP contribution in [-0.4, -0.2) is 23.2 Å². The SMILES string of the molecule is CCCCCCCSCC(=O)c1cc2c(cc1C)NC(=O)CC2. The predicted molar refractivity (Wildman–Crippen MR) is 98.5 cm³/mol. The van der Waals surface area contributed by atoms with E-state index >= 15 is 0 Å². The van der Waals surface area contributed by atoms with Gasteiger partial charge in [0, 0.05) is 17.7 Å². The lowest BCUT2D eigenvalue weighted by molar-refractivity contribution is -0.116. The molecule has 1 aromatic carbocycles. The molecule has 0 bridgehead atoms. The number of anilines is 1. The van der Waals surface area contributed by atoms with Gasteiger partial charge in [-0.2, -0.15) is 11.8 Å². The Bertz CT molecular complexity index is 569. The molecule has 0 saturated heterocycles. The van der Waals surface area contributed by atoms with E-state index in [0.717, 1.165) is 34.6 Å². The first-order valence-electron chi connectivity index (χ1n) is 8.66. The fourth-order valence-electron chi connectivity index (χ4n) is 2.89. The van der Waals surface area contributed by atoms with E-state index < -0.39 is 0 Å². The van der Waals surface area contributed by atoms with Crippen molar-refractivity contribution >= 4 is 29.1 Å². The number of hydrogen-bond acceptors (Lipinski definition) is 3. The lowest BCUT2D eigenvalue weighted by Crippen LogP contribution is -2.20. The second kappa shape index (κ2) is 9.11. The number of fused-ring (bicyclic) bond motifs is 1. The summed E-state index contributed by atoms with van der Waals surface area (Å²) < 4.78 is 0. The second-order valence-electron chi connectivity index (χ2n) is 6.26. The summed E-state index contributed by atoms with van der Waals surface area (Å²) in [5, 5.41) is 2.89. The van der Waals surface area contributed by atoms with Crippen molar-refractivity contribution in [1.29, 1.82) is 0 Å². The first-order chi connectivity index (χ1) is 11.1. The van der Waals surface area contributed by atoms with Gasteiger partial charge in [-0.15, -0.1) is 0 Å². The van der Waals surface area contributed by atoms with Crippen LogP contribution in [0.4, 0.5) is 5.69 Å². The molecule has 0 radical (unpaired) electrons.